The monoisotopic (exact) mass is 194 g/mol. The van der Waals surface area contributed by atoms with Crippen LogP contribution in [0.1, 0.15) is 19.8 Å². The first-order valence-corrected chi connectivity index (χ1v) is 5.61. The molecule has 0 aliphatic carbocycles. The molecule has 0 fully saturated rings. The lowest BCUT2D eigenvalue weighted by Gasteiger charge is -1.94. The average Bonchev–Trinajstić information content (AvgIpc) is 2.41. The highest BCUT2D eigenvalue weighted by molar-refractivity contribution is 8.21. The molecule has 1 aliphatic heterocycles. The summed E-state index contributed by atoms with van der Waals surface area (Å²) >= 11 is 3.71. The Balaban J connectivity index is 0.000000183. The Hall–Kier alpha value is 0.360. The molecule has 1 heterocycles. The minimum absolute atomic E-state index is 0.486. The molecule has 1 aliphatic rings. The van der Waals surface area contributed by atoms with Crippen LogP contribution in [-0.2, 0) is 0 Å². The second-order valence-electron chi connectivity index (χ2n) is 1.99. The molecule has 66 valence electrons. The van der Waals surface area contributed by atoms with E-state index in [0.717, 1.165) is 6.42 Å². The zero-order valence-electron chi connectivity index (χ0n) is 6.56. The fourth-order valence-corrected chi connectivity index (χ4v) is 2.03. The van der Waals surface area contributed by atoms with Gasteiger partial charge >= 0.3 is 0 Å². The molecule has 0 radical (unpaired) electrons. The summed E-state index contributed by atoms with van der Waals surface area (Å²) in [4.78, 5) is 0. The normalized spacial score (nSPS) is 14.9. The molecule has 11 heavy (non-hydrogen) atoms. The summed E-state index contributed by atoms with van der Waals surface area (Å²) in [6.07, 6.45) is 0.215. The minimum Gasteiger partial charge on any atom is -0.368 e. The Morgan fingerprint density at radius 3 is 2.00 bits per heavy atom. The van der Waals surface area contributed by atoms with Gasteiger partial charge in [-0.25, -0.2) is 0 Å². The molecule has 0 aromatic rings. The van der Waals surface area contributed by atoms with E-state index in [0.29, 0.717) is 6.42 Å². The first-order chi connectivity index (χ1) is 5.27. The van der Waals surface area contributed by atoms with Crippen molar-refractivity contribution in [3.8, 4) is 0 Å². The number of hydrogen-bond donors (Lipinski definition) is 2. The Morgan fingerprint density at radius 2 is 1.91 bits per heavy atom. The Labute approximate surface area is 76.1 Å². The zero-order chi connectivity index (χ0) is 8.53. The van der Waals surface area contributed by atoms with Gasteiger partial charge in [-0.3, -0.25) is 0 Å². The summed E-state index contributed by atoms with van der Waals surface area (Å²) < 4.78 is 0. The molecule has 0 aromatic carbocycles. The number of hydrogen-bond acceptors (Lipinski definition) is 4. The van der Waals surface area contributed by atoms with Crippen LogP contribution < -0.4 is 0 Å². The van der Waals surface area contributed by atoms with Crippen LogP contribution in [0.3, 0.4) is 0 Å². The third-order valence-corrected chi connectivity index (χ3v) is 2.85. The SMILES string of the molecule is C1=CSCS1.CCCC(O)O. The molecule has 0 saturated heterocycles. The van der Waals surface area contributed by atoms with Crippen LogP contribution in [0.25, 0.3) is 0 Å². The van der Waals surface area contributed by atoms with Gasteiger partial charge in [0, 0.05) is 5.08 Å². The van der Waals surface area contributed by atoms with Crippen LogP contribution in [0.2, 0.25) is 0 Å². The van der Waals surface area contributed by atoms with Gasteiger partial charge in [0.05, 0.1) is 0 Å². The standard InChI is InChI=1S/C4H10O2.C3H4S2/c1-2-3-4(5)6;1-2-5-3-4-1/h4-6H,2-3H2,1H3;1-2H,3H2. The zero-order valence-corrected chi connectivity index (χ0v) is 8.20. The Bertz CT molecular complexity index is 98.6. The highest BCUT2D eigenvalue weighted by Crippen LogP contribution is 2.22. The number of thioether (sulfide) groups is 2. The molecular formula is C7H14O2S2. The predicted molar refractivity (Wildman–Crippen MR) is 52.3 cm³/mol. The van der Waals surface area contributed by atoms with Gasteiger partial charge in [-0.15, -0.1) is 23.5 Å². The van der Waals surface area contributed by atoms with Gasteiger partial charge < -0.3 is 10.2 Å². The van der Waals surface area contributed by atoms with Crippen molar-refractivity contribution in [2.24, 2.45) is 0 Å². The Morgan fingerprint density at radius 1 is 1.36 bits per heavy atom. The van der Waals surface area contributed by atoms with E-state index in [9.17, 15) is 0 Å². The van der Waals surface area contributed by atoms with Crippen molar-refractivity contribution in [1.29, 1.82) is 0 Å². The molecule has 0 saturated carbocycles. The molecule has 2 nitrogen and oxygen atoms in total. The van der Waals surface area contributed by atoms with Crippen LogP contribution in [0.15, 0.2) is 10.8 Å². The van der Waals surface area contributed by atoms with Crippen molar-refractivity contribution in [1.82, 2.24) is 0 Å². The lowest BCUT2D eigenvalue weighted by Crippen LogP contribution is -2.01. The van der Waals surface area contributed by atoms with E-state index >= 15 is 0 Å². The van der Waals surface area contributed by atoms with Crippen LogP contribution in [0.4, 0.5) is 0 Å². The molecule has 0 bridgehead atoms. The second-order valence-corrected chi connectivity index (χ2v) is 4.15. The summed E-state index contributed by atoms with van der Waals surface area (Å²) in [5.41, 5.74) is 0. The van der Waals surface area contributed by atoms with Gasteiger partial charge in [0.15, 0.2) is 6.29 Å². The average molecular weight is 194 g/mol. The molecule has 0 atom stereocenters. The van der Waals surface area contributed by atoms with Gasteiger partial charge in [0.2, 0.25) is 0 Å². The first-order valence-electron chi connectivity index (χ1n) is 3.51. The van der Waals surface area contributed by atoms with Crippen LogP contribution in [0.5, 0.6) is 0 Å². The summed E-state index contributed by atoms with van der Waals surface area (Å²) in [6, 6.07) is 0. The van der Waals surface area contributed by atoms with Crippen LogP contribution in [-0.4, -0.2) is 21.6 Å². The summed E-state index contributed by atoms with van der Waals surface area (Å²) in [7, 11) is 0. The fourth-order valence-electron chi connectivity index (χ4n) is 0.455. The van der Waals surface area contributed by atoms with Gasteiger partial charge in [-0.2, -0.15) is 0 Å². The maximum absolute atomic E-state index is 8.11. The molecule has 0 unspecified atom stereocenters. The lowest BCUT2D eigenvalue weighted by atomic mass is 10.3. The number of aliphatic hydroxyl groups is 2. The van der Waals surface area contributed by atoms with Crippen molar-refractivity contribution in [3.63, 3.8) is 0 Å². The molecule has 2 N–H and O–H groups in total. The topological polar surface area (TPSA) is 40.5 Å². The van der Waals surface area contributed by atoms with E-state index in [4.69, 9.17) is 10.2 Å². The first kappa shape index (κ1) is 11.4. The number of rotatable bonds is 2. The van der Waals surface area contributed by atoms with Gasteiger partial charge in [0.1, 0.15) is 0 Å². The molecule has 0 aromatic heterocycles. The molecule has 1 rings (SSSR count). The van der Waals surface area contributed by atoms with Crippen molar-refractivity contribution in [3.05, 3.63) is 10.8 Å². The highest BCUT2D eigenvalue weighted by atomic mass is 32.2. The Kier molecular flexibility index (Phi) is 8.73. The van der Waals surface area contributed by atoms with E-state index in [1.807, 2.05) is 30.4 Å². The van der Waals surface area contributed by atoms with E-state index in [1.165, 1.54) is 5.08 Å². The third kappa shape index (κ3) is 10.4. The maximum atomic E-state index is 8.11. The quantitative estimate of drug-likeness (QED) is 0.660. The highest BCUT2D eigenvalue weighted by Gasteiger charge is 1.89. The molecule has 0 amide bonds. The summed E-state index contributed by atoms with van der Waals surface area (Å²) in [6.45, 7) is 1.90. The molecule has 0 spiro atoms. The van der Waals surface area contributed by atoms with Gasteiger partial charge in [-0.1, -0.05) is 13.3 Å². The van der Waals surface area contributed by atoms with E-state index < -0.39 is 6.29 Å². The van der Waals surface area contributed by atoms with Crippen molar-refractivity contribution >= 4 is 23.5 Å². The smallest absolute Gasteiger partial charge is 0.151 e. The van der Waals surface area contributed by atoms with Gasteiger partial charge in [-0.05, 0) is 17.2 Å². The van der Waals surface area contributed by atoms with Crippen molar-refractivity contribution in [2.45, 2.75) is 26.1 Å². The molecule has 4 heteroatoms. The van der Waals surface area contributed by atoms with Crippen LogP contribution >= 0.6 is 23.5 Å². The maximum Gasteiger partial charge on any atom is 0.151 e. The molecular weight excluding hydrogens is 180 g/mol. The van der Waals surface area contributed by atoms with E-state index in [1.54, 1.807) is 0 Å². The minimum atomic E-state index is -1.10. The summed E-state index contributed by atoms with van der Waals surface area (Å²) in [5.74, 6) is 0. The lowest BCUT2D eigenvalue weighted by molar-refractivity contribution is -0.0453. The summed E-state index contributed by atoms with van der Waals surface area (Å²) in [5, 5.41) is 21.7. The van der Waals surface area contributed by atoms with Crippen molar-refractivity contribution in [2.75, 3.05) is 5.08 Å². The van der Waals surface area contributed by atoms with Crippen molar-refractivity contribution < 1.29 is 10.2 Å². The number of aliphatic hydroxyl groups excluding tert-OH is 1. The van der Waals surface area contributed by atoms with E-state index in [-0.39, 0.29) is 0 Å². The predicted octanol–water partition coefficient (Wildman–Crippen LogP) is 1.99. The second kappa shape index (κ2) is 8.46. The third-order valence-electron chi connectivity index (χ3n) is 0.931. The largest absolute Gasteiger partial charge is 0.368 e. The fraction of sp³-hybridized carbons (Fsp3) is 0.714. The van der Waals surface area contributed by atoms with E-state index in [2.05, 4.69) is 10.8 Å². The van der Waals surface area contributed by atoms with Crippen LogP contribution in [0, 0.1) is 0 Å². The van der Waals surface area contributed by atoms with Gasteiger partial charge in [0.25, 0.3) is 0 Å².